The Kier molecular flexibility index (Phi) is 6.46. The van der Waals surface area contributed by atoms with Gasteiger partial charge in [0.2, 0.25) is 11.8 Å². The van der Waals surface area contributed by atoms with E-state index < -0.39 is 18.1 Å². The lowest BCUT2D eigenvalue weighted by molar-refractivity contribution is -0.142. The summed E-state index contributed by atoms with van der Waals surface area (Å²) in [6, 6.07) is 5.09. The Morgan fingerprint density at radius 3 is 2.59 bits per heavy atom. The molecule has 2 heterocycles. The first-order valence-corrected chi connectivity index (χ1v) is 13.3. The van der Waals surface area contributed by atoms with Crippen LogP contribution >= 0.6 is 11.6 Å². The Labute approximate surface area is 220 Å². The number of aromatic amines is 1. The van der Waals surface area contributed by atoms with Gasteiger partial charge >= 0.3 is 0 Å². The maximum absolute atomic E-state index is 13.8. The van der Waals surface area contributed by atoms with Crippen LogP contribution in [-0.4, -0.2) is 71.0 Å². The van der Waals surface area contributed by atoms with Gasteiger partial charge in [-0.2, -0.15) is 0 Å². The zero-order valence-corrected chi connectivity index (χ0v) is 22.2. The lowest BCUT2D eigenvalue weighted by Gasteiger charge is -2.33. The average molecular weight is 529 g/mol. The van der Waals surface area contributed by atoms with Gasteiger partial charge in [0.15, 0.2) is 5.78 Å². The second-order valence-electron chi connectivity index (χ2n) is 11.1. The SMILES string of the molecule is COc1cccc2[nH]c(C(=O)N[C@H](C(=O)N3C[C@H]4[C@@H]([C@H]3C(=O)N[C@@H](C)C(=O)CCl)C4(C)C)C3CC3)cc12. The molecule has 0 radical (unpaired) electrons. The number of fused-ring (bicyclic) bond motifs is 2. The molecule has 5 rings (SSSR count). The fourth-order valence-corrected chi connectivity index (χ4v) is 6.18. The molecule has 2 saturated carbocycles. The second kappa shape index (κ2) is 9.35. The van der Waals surface area contributed by atoms with Crippen LogP contribution in [0.5, 0.6) is 5.75 Å². The zero-order chi connectivity index (χ0) is 26.6. The van der Waals surface area contributed by atoms with Gasteiger partial charge in [-0.15, -0.1) is 11.6 Å². The molecule has 37 heavy (non-hydrogen) atoms. The van der Waals surface area contributed by atoms with Gasteiger partial charge in [0, 0.05) is 17.4 Å². The maximum atomic E-state index is 13.8. The van der Waals surface area contributed by atoms with Crippen LogP contribution in [-0.2, 0) is 14.4 Å². The number of likely N-dealkylation sites (tertiary alicyclic amines) is 1. The summed E-state index contributed by atoms with van der Waals surface area (Å²) in [5.74, 6) is -0.564. The van der Waals surface area contributed by atoms with Crippen molar-refractivity contribution in [2.24, 2.45) is 23.2 Å². The molecule has 3 N–H and O–H groups in total. The van der Waals surface area contributed by atoms with Crippen molar-refractivity contribution in [2.45, 2.75) is 51.7 Å². The Bertz CT molecular complexity index is 1270. The largest absolute Gasteiger partial charge is 0.496 e. The Hall–Kier alpha value is -3.07. The Balaban J connectivity index is 1.35. The summed E-state index contributed by atoms with van der Waals surface area (Å²) in [6.07, 6.45) is 1.67. The number of ether oxygens (including phenoxy) is 1. The number of amides is 3. The van der Waals surface area contributed by atoms with Crippen LogP contribution in [0.2, 0.25) is 0 Å². The predicted molar refractivity (Wildman–Crippen MR) is 138 cm³/mol. The van der Waals surface area contributed by atoms with Gasteiger partial charge in [0.05, 0.1) is 19.0 Å². The van der Waals surface area contributed by atoms with Gasteiger partial charge in [-0.1, -0.05) is 19.9 Å². The number of halogens is 1. The van der Waals surface area contributed by atoms with E-state index in [-0.39, 0.29) is 52.6 Å². The number of rotatable bonds is 9. The number of nitrogens with zero attached hydrogens (tertiary/aromatic N) is 1. The van der Waals surface area contributed by atoms with Gasteiger partial charge in [-0.3, -0.25) is 19.2 Å². The van der Waals surface area contributed by atoms with Gasteiger partial charge in [-0.05, 0) is 61.1 Å². The van der Waals surface area contributed by atoms with Gasteiger partial charge in [0.25, 0.3) is 5.91 Å². The molecule has 3 fully saturated rings. The van der Waals surface area contributed by atoms with E-state index in [9.17, 15) is 19.2 Å². The number of alkyl halides is 1. The minimum Gasteiger partial charge on any atom is -0.496 e. The van der Waals surface area contributed by atoms with Crippen LogP contribution in [0.3, 0.4) is 0 Å². The van der Waals surface area contributed by atoms with Crippen molar-refractivity contribution in [3.63, 3.8) is 0 Å². The van der Waals surface area contributed by atoms with Crippen LogP contribution in [0.4, 0.5) is 0 Å². The number of benzene rings is 1. The minimum atomic E-state index is -0.735. The summed E-state index contributed by atoms with van der Waals surface area (Å²) in [7, 11) is 1.57. The topological polar surface area (TPSA) is 121 Å². The van der Waals surface area contributed by atoms with E-state index in [4.69, 9.17) is 16.3 Å². The van der Waals surface area contributed by atoms with Gasteiger partial charge < -0.3 is 25.3 Å². The first-order chi connectivity index (χ1) is 17.6. The molecule has 1 aromatic heterocycles. The molecule has 5 atom stereocenters. The van der Waals surface area contributed by atoms with E-state index in [0.717, 1.165) is 23.7 Å². The molecule has 10 heteroatoms. The number of Topliss-reactive ketones (excluding diaryl/α,β-unsaturated/α-hetero) is 1. The van der Waals surface area contributed by atoms with Crippen molar-refractivity contribution in [2.75, 3.05) is 19.5 Å². The summed E-state index contributed by atoms with van der Waals surface area (Å²) in [4.78, 5) is 57.1. The standard InChI is InChI=1S/C27H33ClN4O5/c1-13(19(33)11-28)29-25(35)23-21-16(27(21,2)3)12-32(23)26(36)22(14-8-9-14)31-24(34)18-10-15-17(30-18)6-5-7-20(15)37-4/h5-7,10,13-14,16,21-23,30H,8-9,11-12H2,1-4H3,(H,29,35)(H,31,34)/t13-,16-,21-,22-,23-/m0/s1. The van der Waals surface area contributed by atoms with Crippen molar-refractivity contribution in [3.8, 4) is 5.75 Å². The summed E-state index contributed by atoms with van der Waals surface area (Å²) in [6.45, 7) is 6.25. The van der Waals surface area contributed by atoms with E-state index in [0.29, 0.717) is 18.0 Å². The third-order valence-corrected chi connectivity index (χ3v) is 8.73. The molecule has 3 amide bonds. The first-order valence-electron chi connectivity index (χ1n) is 12.7. The monoisotopic (exact) mass is 528 g/mol. The van der Waals surface area contributed by atoms with Crippen molar-refractivity contribution >= 4 is 46.0 Å². The third kappa shape index (κ3) is 4.47. The fourth-order valence-electron chi connectivity index (χ4n) is 5.94. The van der Waals surface area contributed by atoms with E-state index in [2.05, 4.69) is 29.5 Å². The van der Waals surface area contributed by atoms with E-state index in [1.165, 1.54) is 0 Å². The molecule has 198 valence electrons. The van der Waals surface area contributed by atoms with Crippen LogP contribution in [0.25, 0.3) is 10.9 Å². The van der Waals surface area contributed by atoms with Gasteiger partial charge in [-0.25, -0.2) is 0 Å². The van der Waals surface area contributed by atoms with Crippen molar-refractivity contribution < 1.29 is 23.9 Å². The number of piperidine rings is 1. The van der Waals surface area contributed by atoms with Crippen molar-refractivity contribution in [1.82, 2.24) is 20.5 Å². The number of ketones is 1. The number of hydrogen-bond donors (Lipinski definition) is 3. The van der Waals surface area contributed by atoms with Crippen LogP contribution in [0, 0.1) is 23.2 Å². The molecule has 1 aliphatic heterocycles. The molecule has 1 aromatic carbocycles. The molecule has 0 unspecified atom stereocenters. The molecule has 0 spiro atoms. The highest BCUT2D eigenvalue weighted by Gasteiger charge is 2.69. The summed E-state index contributed by atoms with van der Waals surface area (Å²) in [5.41, 5.74) is 1.03. The van der Waals surface area contributed by atoms with Crippen LogP contribution < -0.4 is 15.4 Å². The molecule has 2 aromatic rings. The molecule has 1 saturated heterocycles. The number of aromatic nitrogens is 1. The molecular formula is C27H33ClN4O5. The minimum absolute atomic E-state index is 0.00600. The zero-order valence-electron chi connectivity index (χ0n) is 21.5. The highest BCUT2D eigenvalue weighted by molar-refractivity contribution is 6.28. The predicted octanol–water partition coefficient (Wildman–Crippen LogP) is 2.48. The summed E-state index contributed by atoms with van der Waals surface area (Å²) < 4.78 is 5.39. The van der Waals surface area contributed by atoms with Crippen molar-refractivity contribution in [1.29, 1.82) is 0 Å². The van der Waals surface area contributed by atoms with Gasteiger partial charge in [0.1, 0.15) is 23.5 Å². The number of nitrogens with one attached hydrogen (secondary N) is 3. The molecule has 9 nitrogen and oxygen atoms in total. The first kappa shape index (κ1) is 25.6. The van der Waals surface area contributed by atoms with Crippen LogP contribution in [0.15, 0.2) is 24.3 Å². The highest BCUT2D eigenvalue weighted by Crippen LogP contribution is 2.65. The highest BCUT2D eigenvalue weighted by atomic mass is 35.5. The number of carbonyl (C=O) groups excluding carboxylic acids is 4. The smallest absolute Gasteiger partial charge is 0.268 e. The molecule has 3 aliphatic rings. The number of methoxy groups -OCH3 is 1. The number of hydrogen-bond acceptors (Lipinski definition) is 5. The molecule has 0 bridgehead atoms. The third-order valence-electron chi connectivity index (χ3n) is 8.47. The normalized spacial score (nSPS) is 25.2. The Morgan fingerprint density at radius 2 is 1.95 bits per heavy atom. The Morgan fingerprint density at radius 1 is 1.22 bits per heavy atom. The van der Waals surface area contributed by atoms with Crippen molar-refractivity contribution in [3.05, 3.63) is 30.0 Å². The van der Waals surface area contributed by atoms with E-state index >= 15 is 0 Å². The molecular weight excluding hydrogens is 496 g/mol. The maximum Gasteiger partial charge on any atom is 0.268 e. The lowest BCUT2D eigenvalue weighted by atomic mass is 9.98. The summed E-state index contributed by atoms with van der Waals surface area (Å²) >= 11 is 5.66. The second-order valence-corrected chi connectivity index (χ2v) is 11.4. The number of carbonyl (C=O) groups is 4. The average Bonchev–Trinajstić information content (AvgIpc) is 3.66. The summed E-state index contributed by atoms with van der Waals surface area (Å²) in [5, 5.41) is 6.48. The fraction of sp³-hybridized carbons (Fsp3) is 0.556. The lowest BCUT2D eigenvalue weighted by Crippen LogP contribution is -2.57. The number of H-pyrrole nitrogens is 1. The van der Waals surface area contributed by atoms with Crippen LogP contribution in [0.1, 0.15) is 44.1 Å². The quantitative estimate of drug-likeness (QED) is 0.432. The van der Waals surface area contributed by atoms with E-state index in [1.54, 1.807) is 25.0 Å². The molecule has 2 aliphatic carbocycles. The van der Waals surface area contributed by atoms with E-state index in [1.807, 2.05) is 18.2 Å².